The van der Waals surface area contributed by atoms with E-state index in [1.807, 2.05) is 6.07 Å². The Labute approximate surface area is 112 Å². The van der Waals surface area contributed by atoms with Crippen LogP contribution in [-0.4, -0.2) is 0 Å². The molecule has 0 heterocycles. The second kappa shape index (κ2) is 6.43. The van der Waals surface area contributed by atoms with Crippen LogP contribution < -0.4 is 5.32 Å². The fourth-order valence-corrected chi connectivity index (χ4v) is 2.08. The third-order valence-corrected chi connectivity index (χ3v) is 3.12. The highest BCUT2D eigenvalue weighted by Crippen LogP contribution is 2.17. The molecule has 1 N–H and O–H groups in total. The Hall–Kier alpha value is -1.74. The van der Waals surface area contributed by atoms with Crippen molar-refractivity contribution in [2.75, 3.05) is 0 Å². The van der Waals surface area contributed by atoms with Gasteiger partial charge in [0.1, 0.15) is 11.6 Å². The molecule has 0 spiro atoms. The Morgan fingerprint density at radius 1 is 1.00 bits per heavy atom. The average molecular weight is 261 g/mol. The summed E-state index contributed by atoms with van der Waals surface area (Å²) in [6, 6.07) is 13.2. The van der Waals surface area contributed by atoms with E-state index in [1.54, 1.807) is 18.2 Å². The first-order chi connectivity index (χ1) is 9.19. The molecule has 1 atom stereocenters. The van der Waals surface area contributed by atoms with Crippen molar-refractivity contribution in [1.82, 2.24) is 5.32 Å². The Morgan fingerprint density at radius 3 is 2.37 bits per heavy atom. The number of halogens is 2. The highest BCUT2D eigenvalue weighted by molar-refractivity contribution is 5.21. The highest BCUT2D eigenvalue weighted by atomic mass is 19.1. The molecule has 0 saturated carbocycles. The molecular formula is C16H17F2N. The molecule has 19 heavy (non-hydrogen) atoms. The lowest BCUT2D eigenvalue weighted by Gasteiger charge is -2.17. The van der Waals surface area contributed by atoms with Crippen LogP contribution in [-0.2, 0) is 6.54 Å². The molecule has 3 heteroatoms. The molecule has 100 valence electrons. The van der Waals surface area contributed by atoms with E-state index in [1.165, 1.54) is 24.3 Å². The number of rotatable bonds is 5. The summed E-state index contributed by atoms with van der Waals surface area (Å²) in [7, 11) is 0. The summed E-state index contributed by atoms with van der Waals surface area (Å²) >= 11 is 0. The van der Waals surface area contributed by atoms with Crippen LogP contribution in [0.3, 0.4) is 0 Å². The summed E-state index contributed by atoms with van der Waals surface area (Å²) in [6.45, 7) is 2.65. The normalized spacial score (nSPS) is 12.4. The van der Waals surface area contributed by atoms with Crippen LogP contribution in [0.1, 0.15) is 30.5 Å². The Morgan fingerprint density at radius 2 is 1.74 bits per heavy atom. The first-order valence-corrected chi connectivity index (χ1v) is 6.42. The van der Waals surface area contributed by atoms with Crippen LogP contribution in [0.25, 0.3) is 0 Å². The molecular weight excluding hydrogens is 244 g/mol. The minimum Gasteiger partial charge on any atom is -0.306 e. The van der Waals surface area contributed by atoms with E-state index in [0.29, 0.717) is 6.54 Å². The molecule has 2 aromatic rings. The molecule has 0 fully saturated rings. The highest BCUT2D eigenvalue weighted by Gasteiger charge is 2.08. The SMILES string of the molecule is CCC(NCc1cccc(F)c1)c1ccc(F)cc1. The van der Waals surface area contributed by atoms with Gasteiger partial charge in [0.05, 0.1) is 0 Å². The molecule has 0 aliphatic heterocycles. The third kappa shape index (κ3) is 3.86. The molecule has 2 rings (SSSR count). The Kier molecular flexibility index (Phi) is 4.63. The molecule has 0 radical (unpaired) electrons. The van der Waals surface area contributed by atoms with Gasteiger partial charge >= 0.3 is 0 Å². The maximum Gasteiger partial charge on any atom is 0.123 e. The Bertz CT molecular complexity index is 523. The first-order valence-electron chi connectivity index (χ1n) is 6.42. The minimum atomic E-state index is -0.233. The van der Waals surface area contributed by atoms with Crippen molar-refractivity contribution in [2.24, 2.45) is 0 Å². The van der Waals surface area contributed by atoms with Gasteiger partial charge in [-0.25, -0.2) is 8.78 Å². The van der Waals surface area contributed by atoms with Gasteiger partial charge in [-0.3, -0.25) is 0 Å². The average Bonchev–Trinajstić information content (AvgIpc) is 2.41. The fourth-order valence-electron chi connectivity index (χ4n) is 2.08. The first kappa shape index (κ1) is 13.7. The van der Waals surface area contributed by atoms with E-state index in [2.05, 4.69) is 12.2 Å². The zero-order chi connectivity index (χ0) is 13.7. The monoisotopic (exact) mass is 261 g/mol. The van der Waals surface area contributed by atoms with Gasteiger partial charge in [-0.15, -0.1) is 0 Å². The van der Waals surface area contributed by atoms with E-state index in [-0.39, 0.29) is 17.7 Å². The van der Waals surface area contributed by atoms with Gasteiger partial charge in [0.25, 0.3) is 0 Å². The van der Waals surface area contributed by atoms with E-state index in [9.17, 15) is 8.78 Å². The number of nitrogens with one attached hydrogen (secondary N) is 1. The van der Waals surface area contributed by atoms with Gasteiger partial charge in [0, 0.05) is 12.6 Å². The second-order valence-electron chi connectivity index (χ2n) is 4.52. The summed E-state index contributed by atoms with van der Waals surface area (Å²) in [5.41, 5.74) is 1.95. The van der Waals surface area contributed by atoms with Crippen LogP contribution in [0.15, 0.2) is 48.5 Å². The fraction of sp³-hybridized carbons (Fsp3) is 0.250. The topological polar surface area (TPSA) is 12.0 Å². The molecule has 0 bridgehead atoms. The van der Waals surface area contributed by atoms with Gasteiger partial charge in [0.15, 0.2) is 0 Å². The zero-order valence-electron chi connectivity index (χ0n) is 10.9. The maximum absolute atomic E-state index is 13.1. The van der Waals surface area contributed by atoms with Crippen LogP contribution in [0, 0.1) is 11.6 Å². The van der Waals surface area contributed by atoms with Gasteiger partial charge in [-0.05, 0) is 41.8 Å². The van der Waals surface area contributed by atoms with Crippen LogP contribution in [0.2, 0.25) is 0 Å². The second-order valence-corrected chi connectivity index (χ2v) is 4.52. The predicted octanol–water partition coefficient (Wildman–Crippen LogP) is 4.21. The van der Waals surface area contributed by atoms with Crippen molar-refractivity contribution in [2.45, 2.75) is 25.9 Å². The van der Waals surface area contributed by atoms with Crippen molar-refractivity contribution in [3.8, 4) is 0 Å². The van der Waals surface area contributed by atoms with Crippen molar-refractivity contribution < 1.29 is 8.78 Å². The minimum absolute atomic E-state index is 0.142. The van der Waals surface area contributed by atoms with Gasteiger partial charge in [-0.1, -0.05) is 31.2 Å². The smallest absolute Gasteiger partial charge is 0.123 e. The molecule has 2 aromatic carbocycles. The lowest BCUT2D eigenvalue weighted by Crippen LogP contribution is -2.20. The van der Waals surface area contributed by atoms with E-state index >= 15 is 0 Å². The molecule has 1 nitrogen and oxygen atoms in total. The van der Waals surface area contributed by atoms with E-state index in [0.717, 1.165) is 17.5 Å². The number of benzene rings is 2. The van der Waals surface area contributed by atoms with Gasteiger partial charge in [-0.2, -0.15) is 0 Å². The van der Waals surface area contributed by atoms with Crippen molar-refractivity contribution in [3.63, 3.8) is 0 Å². The van der Waals surface area contributed by atoms with Gasteiger partial charge < -0.3 is 5.32 Å². The van der Waals surface area contributed by atoms with Crippen molar-refractivity contribution in [1.29, 1.82) is 0 Å². The summed E-state index contributed by atoms with van der Waals surface area (Å²) in [5, 5.41) is 3.36. The van der Waals surface area contributed by atoms with E-state index in [4.69, 9.17) is 0 Å². The molecule has 0 aliphatic carbocycles. The van der Waals surface area contributed by atoms with Crippen LogP contribution >= 0.6 is 0 Å². The summed E-state index contributed by atoms with van der Waals surface area (Å²) in [4.78, 5) is 0. The van der Waals surface area contributed by atoms with E-state index < -0.39 is 0 Å². The molecule has 0 aliphatic rings. The molecule has 0 amide bonds. The largest absolute Gasteiger partial charge is 0.306 e. The third-order valence-electron chi connectivity index (χ3n) is 3.12. The molecule has 0 saturated heterocycles. The maximum atomic E-state index is 13.1. The van der Waals surface area contributed by atoms with Crippen molar-refractivity contribution >= 4 is 0 Å². The zero-order valence-corrected chi connectivity index (χ0v) is 10.9. The van der Waals surface area contributed by atoms with Crippen LogP contribution in [0.4, 0.5) is 8.78 Å². The summed E-state index contributed by atoms with van der Waals surface area (Å²) < 4.78 is 26.0. The lowest BCUT2D eigenvalue weighted by molar-refractivity contribution is 0.515. The van der Waals surface area contributed by atoms with Gasteiger partial charge in [0.2, 0.25) is 0 Å². The standard InChI is InChI=1S/C16H17F2N/c1-2-16(13-6-8-14(17)9-7-13)19-11-12-4-3-5-15(18)10-12/h3-10,16,19H,2,11H2,1H3. The lowest BCUT2D eigenvalue weighted by atomic mass is 10.0. The molecule has 1 unspecified atom stereocenters. The summed E-state index contributed by atoms with van der Waals surface area (Å²) in [6.07, 6.45) is 0.890. The Balaban J connectivity index is 2.01. The predicted molar refractivity (Wildman–Crippen MR) is 72.7 cm³/mol. The quantitative estimate of drug-likeness (QED) is 0.850. The number of hydrogen-bond acceptors (Lipinski definition) is 1. The molecule has 0 aromatic heterocycles. The number of hydrogen-bond donors (Lipinski definition) is 1. The van der Waals surface area contributed by atoms with Crippen molar-refractivity contribution in [3.05, 3.63) is 71.3 Å². The summed E-state index contributed by atoms with van der Waals surface area (Å²) in [5.74, 6) is -0.460. The van der Waals surface area contributed by atoms with Crippen LogP contribution in [0.5, 0.6) is 0 Å².